The molecule has 0 spiro atoms. The van der Waals surface area contributed by atoms with Crippen LogP contribution in [-0.4, -0.2) is 24.5 Å². The van der Waals surface area contributed by atoms with Gasteiger partial charge in [-0.2, -0.15) is 0 Å². The second-order valence-electron chi connectivity index (χ2n) is 4.33. The molecule has 1 heterocycles. The summed E-state index contributed by atoms with van der Waals surface area (Å²) in [4.78, 5) is 2.28. The van der Waals surface area contributed by atoms with Crippen molar-refractivity contribution in [2.24, 2.45) is 0 Å². The average molecular weight is 229 g/mol. The molecule has 0 aromatic heterocycles. The van der Waals surface area contributed by atoms with Crippen LogP contribution in [0.5, 0.6) is 0 Å². The number of terminal acetylenes is 1. The SMILES string of the molecule is C#CCN1CCC(=Cc2ccc(F)cc2)CC1. The highest BCUT2D eigenvalue weighted by Gasteiger charge is 2.12. The van der Waals surface area contributed by atoms with E-state index in [-0.39, 0.29) is 5.82 Å². The van der Waals surface area contributed by atoms with Gasteiger partial charge in [-0.15, -0.1) is 6.42 Å². The molecule has 2 heteroatoms. The van der Waals surface area contributed by atoms with Gasteiger partial charge < -0.3 is 0 Å². The van der Waals surface area contributed by atoms with E-state index < -0.39 is 0 Å². The minimum atomic E-state index is -0.184. The van der Waals surface area contributed by atoms with Crippen LogP contribution < -0.4 is 0 Å². The van der Waals surface area contributed by atoms with Crippen molar-refractivity contribution in [1.29, 1.82) is 0 Å². The summed E-state index contributed by atoms with van der Waals surface area (Å²) < 4.78 is 12.8. The third kappa shape index (κ3) is 3.44. The van der Waals surface area contributed by atoms with Gasteiger partial charge in [0, 0.05) is 13.1 Å². The summed E-state index contributed by atoms with van der Waals surface area (Å²) >= 11 is 0. The Bertz CT molecular complexity index is 429. The highest BCUT2D eigenvalue weighted by molar-refractivity contribution is 5.53. The first-order chi connectivity index (χ1) is 8.28. The number of hydrogen-bond donors (Lipinski definition) is 0. The molecular formula is C15H16FN. The van der Waals surface area contributed by atoms with Gasteiger partial charge >= 0.3 is 0 Å². The minimum Gasteiger partial charge on any atom is -0.292 e. The maximum Gasteiger partial charge on any atom is 0.123 e. The monoisotopic (exact) mass is 229 g/mol. The highest BCUT2D eigenvalue weighted by Crippen LogP contribution is 2.19. The molecule has 1 aromatic carbocycles. The largest absolute Gasteiger partial charge is 0.292 e. The van der Waals surface area contributed by atoms with Gasteiger partial charge in [-0.3, -0.25) is 4.90 Å². The molecule has 0 atom stereocenters. The number of halogens is 1. The highest BCUT2D eigenvalue weighted by atomic mass is 19.1. The van der Waals surface area contributed by atoms with Crippen molar-refractivity contribution in [3.8, 4) is 12.3 Å². The number of rotatable bonds is 2. The number of benzene rings is 1. The summed E-state index contributed by atoms with van der Waals surface area (Å²) in [5.41, 5.74) is 2.50. The van der Waals surface area contributed by atoms with Crippen molar-refractivity contribution >= 4 is 6.08 Å². The van der Waals surface area contributed by atoms with Crippen LogP contribution in [0.25, 0.3) is 6.08 Å². The van der Waals surface area contributed by atoms with E-state index in [2.05, 4.69) is 16.9 Å². The van der Waals surface area contributed by atoms with Crippen molar-refractivity contribution in [2.75, 3.05) is 19.6 Å². The maximum atomic E-state index is 12.8. The molecule has 17 heavy (non-hydrogen) atoms. The summed E-state index contributed by atoms with van der Waals surface area (Å²) in [6, 6.07) is 6.63. The van der Waals surface area contributed by atoms with E-state index in [1.165, 1.54) is 17.7 Å². The van der Waals surface area contributed by atoms with E-state index in [0.29, 0.717) is 0 Å². The van der Waals surface area contributed by atoms with Crippen molar-refractivity contribution in [2.45, 2.75) is 12.8 Å². The van der Waals surface area contributed by atoms with Crippen molar-refractivity contribution in [3.63, 3.8) is 0 Å². The Morgan fingerprint density at radius 2 is 1.88 bits per heavy atom. The molecule has 1 aliphatic rings. The molecule has 0 unspecified atom stereocenters. The molecule has 1 saturated heterocycles. The molecule has 0 saturated carbocycles. The van der Waals surface area contributed by atoms with Crippen LogP contribution in [-0.2, 0) is 0 Å². The Hall–Kier alpha value is -1.59. The molecule has 1 aromatic rings. The zero-order valence-electron chi connectivity index (χ0n) is 9.82. The zero-order chi connectivity index (χ0) is 12.1. The Morgan fingerprint density at radius 3 is 2.47 bits per heavy atom. The normalized spacial score (nSPS) is 16.6. The number of likely N-dealkylation sites (tertiary alicyclic amines) is 1. The average Bonchev–Trinajstić information content (AvgIpc) is 2.35. The smallest absolute Gasteiger partial charge is 0.123 e. The Balaban J connectivity index is 1.96. The molecule has 0 aliphatic carbocycles. The Labute approximate surface area is 102 Å². The third-order valence-electron chi connectivity index (χ3n) is 3.05. The third-order valence-corrected chi connectivity index (χ3v) is 3.05. The second kappa shape index (κ2) is 5.65. The maximum absolute atomic E-state index is 12.8. The van der Waals surface area contributed by atoms with E-state index >= 15 is 0 Å². The number of hydrogen-bond acceptors (Lipinski definition) is 1. The Morgan fingerprint density at radius 1 is 1.24 bits per heavy atom. The summed E-state index contributed by atoms with van der Waals surface area (Å²) in [7, 11) is 0. The molecule has 2 rings (SSSR count). The van der Waals surface area contributed by atoms with E-state index in [9.17, 15) is 4.39 Å². The van der Waals surface area contributed by atoms with Gasteiger partial charge in [0.05, 0.1) is 6.54 Å². The van der Waals surface area contributed by atoms with E-state index in [1.807, 2.05) is 12.1 Å². The standard InChI is InChI=1S/C15H16FN/c1-2-9-17-10-7-14(8-11-17)12-13-3-5-15(16)6-4-13/h1,3-6,12H,7-11H2. The molecule has 0 amide bonds. The minimum absolute atomic E-state index is 0.184. The van der Waals surface area contributed by atoms with E-state index in [4.69, 9.17) is 6.42 Å². The van der Waals surface area contributed by atoms with Crippen LogP contribution in [0.1, 0.15) is 18.4 Å². The van der Waals surface area contributed by atoms with Gasteiger partial charge in [0.25, 0.3) is 0 Å². The van der Waals surface area contributed by atoms with Gasteiger partial charge in [0.2, 0.25) is 0 Å². The summed E-state index contributed by atoms with van der Waals surface area (Å²) in [5, 5.41) is 0. The molecule has 88 valence electrons. The van der Waals surface area contributed by atoms with E-state index in [1.54, 1.807) is 0 Å². The fourth-order valence-corrected chi connectivity index (χ4v) is 2.07. The first kappa shape index (κ1) is 11.9. The molecule has 0 N–H and O–H groups in total. The quantitative estimate of drug-likeness (QED) is 0.705. The lowest BCUT2D eigenvalue weighted by molar-refractivity contribution is 0.288. The molecule has 1 fully saturated rings. The fraction of sp³-hybridized carbons (Fsp3) is 0.333. The van der Waals surface area contributed by atoms with Crippen molar-refractivity contribution in [3.05, 3.63) is 41.2 Å². The summed E-state index contributed by atoms with van der Waals surface area (Å²) in [6.45, 7) is 2.79. The van der Waals surface area contributed by atoms with Crippen LogP contribution in [0.2, 0.25) is 0 Å². The Kier molecular flexibility index (Phi) is 3.95. The first-order valence-electron chi connectivity index (χ1n) is 5.89. The van der Waals surface area contributed by atoms with Gasteiger partial charge in [-0.1, -0.05) is 29.7 Å². The van der Waals surface area contributed by atoms with Crippen LogP contribution in [0.3, 0.4) is 0 Å². The van der Waals surface area contributed by atoms with Crippen LogP contribution >= 0.6 is 0 Å². The lowest BCUT2D eigenvalue weighted by Gasteiger charge is -2.26. The van der Waals surface area contributed by atoms with Crippen molar-refractivity contribution < 1.29 is 4.39 Å². The number of nitrogens with zero attached hydrogens (tertiary/aromatic N) is 1. The topological polar surface area (TPSA) is 3.24 Å². The first-order valence-corrected chi connectivity index (χ1v) is 5.89. The van der Waals surface area contributed by atoms with Gasteiger partial charge in [0.1, 0.15) is 5.82 Å². The number of piperidine rings is 1. The zero-order valence-corrected chi connectivity index (χ0v) is 9.82. The molecule has 0 bridgehead atoms. The lowest BCUT2D eigenvalue weighted by Crippen LogP contribution is -2.30. The van der Waals surface area contributed by atoms with Gasteiger partial charge in [0.15, 0.2) is 0 Å². The molecule has 0 radical (unpaired) electrons. The van der Waals surface area contributed by atoms with Crippen LogP contribution in [0.4, 0.5) is 4.39 Å². The predicted molar refractivity (Wildman–Crippen MR) is 68.9 cm³/mol. The summed E-state index contributed by atoms with van der Waals surface area (Å²) in [5.74, 6) is 2.49. The van der Waals surface area contributed by atoms with Gasteiger partial charge in [-0.05, 0) is 30.5 Å². The summed E-state index contributed by atoms with van der Waals surface area (Å²) in [6.07, 6.45) is 9.56. The lowest BCUT2D eigenvalue weighted by atomic mass is 10.0. The van der Waals surface area contributed by atoms with Crippen LogP contribution in [0.15, 0.2) is 29.8 Å². The molecule has 1 aliphatic heterocycles. The van der Waals surface area contributed by atoms with E-state index in [0.717, 1.165) is 38.0 Å². The molecule has 1 nitrogen and oxygen atoms in total. The fourth-order valence-electron chi connectivity index (χ4n) is 2.07. The second-order valence-corrected chi connectivity index (χ2v) is 4.33. The van der Waals surface area contributed by atoms with Gasteiger partial charge in [-0.25, -0.2) is 4.39 Å². The molecular weight excluding hydrogens is 213 g/mol. The van der Waals surface area contributed by atoms with Crippen molar-refractivity contribution in [1.82, 2.24) is 4.90 Å². The predicted octanol–water partition coefficient (Wildman–Crippen LogP) is 2.94. The van der Waals surface area contributed by atoms with Crippen LogP contribution in [0, 0.1) is 18.2 Å².